The van der Waals surface area contributed by atoms with Crippen molar-refractivity contribution in [2.24, 2.45) is 0 Å². The van der Waals surface area contributed by atoms with E-state index in [-0.39, 0.29) is 5.41 Å². The number of nitrogens with zero attached hydrogens (tertiary/aromatic N) is 2. The second kappa shape index (κ2) is 4.78. The zero-order valence-corrected chi connectivity index (χ0v) is 13.1. The molecule has 0 unspecified atom stereocenters. The van der Waals surface area contributed by atoms with Crippen molar-refractivity contribution in [3.63, 3.8) is 0 Å². The Bertz CT molecular complexity index is 795. The second-order valence-electron chi connectivity index (χ2n) is 6.21. The lowest BCUT2D eigenvalue weighted by molar-refractivity contribution is 0.590. The van der Waals surface area contributed by atoms with E-state index in [0.29, 0.717) is 11.0 Å². The number of nitrogen functional groups attached to an aromatic ring is 1. The number of para-hydroxylation sites is 1. The van der Waals surface area contributed by atoms with E-state index in [0.717, 1.165) is 16.7 Å². The molecule has 3 aromatic rings. The predicted octanol–water partition coefficient (Wildman–Crippen LogP) is 4.56. The van der Waals surface area contributed by atoms with Crippen molar-refractivity contribution in [2.45, 2.75) is 26.2 Å². The Morgan fingerprint density at radius 2 is 1.71 bits per heavy atom. The molecule has 108 valence electrons. The first-order chi connectivity index (χ1) is 9.88. The Morgan fingerprint density at radius 3 is 2.33 bits per heavy atom. The molecule has 3 rings (SSSR count). The van der Waals surface area contributed by atoms with Crippen LogP contribution in [0.15, 0.2) is 42.5 Å². The Labute approximate surface area is 129 Å². The minimum absolute atomic E-state index is 0.129. The molecule has 1 aromatic heterocycles. The quantitative estimate of drug-likeness (QED) is 0.716. The maximum Gasteiger partial charge on any atom is 0.205 e. The van der Waals surface area contributed by atoms with Gasteiger partial charge in [-0.25, -0.2) is 4.98 Å². The highest BCUT2D eigenvalue weighted by Gasteiger charge is 2.15. The predicted molar refractivity (Wildman–Crippen MR) is 89.2 cm³/mol. The fourth-order valence-electron chi connectivity index (χ4n) is 2.46. The molecule has 0 atom stereocenters. The third kappa shape index (κ3) is 2.38. The largest absolute Gasteiger partial charge is 0.369 e. The number of hydrogen-bond donors (Lipinski definition) is 1. The van der Waals surface area contributed by atoms with Crippen molar-refractivity contribution in [1.29, 1.82) is 0 Å². The molecule has 0 aliphatic carbocycles. The number of nitrogens with two attached hydrogens (primary N) is 1. The number of rotatable bonds is 1. The molecule has 3 nitrogen and oxygen atoms in total. The first-order valence-electron chi connectivity index (χ1n) is 6.91. The smallest absolute Gasteiger partial charge is 0.205 e. The van der Waals surface area contributed by atoms with Crippen LogP contribution in [0.2, 0.25) is 5.02 Å². The summed E-state index contributed by atoms with van der Waals surface area (Å²) in [6, 6.07) is 14.1. The van der Waals surface area contributed by atoms with Crippen LogP contribution in [0, 0.1) is 0 Å². The average molecular weight is 300 g/mol. The van der Waals surface area contributed by atoms with Gasteiger partial charge in [0, 0.05) is 5.69 Å². The normalized spacial score (nSPS) is 12.0. The van der Waals surface area contributed by atoms with Gasteiger partial charge in [-0.15, -0.1) is 0 Å². The maximum absolute atomic E-state index is 6.18. The Kier molecular flexibility index (Phi) is 3.18. The number of halogens is 1. The third-order valence-corrected chi connectivity index (χ3v) is 3.96. The van der Waals surface area contributed by atoms with Gasteiger partial charge in [0.2, 0.25) is 5.95 Å². The van der Waals surface area contributed by atoms with Crippen LogP contribution < -0.4 is 5.73 Å². The summed E-state index contributed by atoms with van der Waals surface area (Å²) in [5, 5.41) is 0.615. The number of anilines is 1. The first kappa shape index (κ1) is 14.0. The summed E-state index contributed by atoms with van der Waals surface area (Å²) in [6.07, 6.45) is 0. The van der Waals surface area contributed by atoms with E-state index in [9.17, 15) is 0 Å². The average Bonchev–Trinajstić information content (AvgIpc) is 2.76. The Hall–Kier alpha value is -2.00. The standard InChI is InChI=1S/C17H18ClN3/c1-17(2,3)11-7-9-12(10-8-11)21-14-6-4-5-13(18)15(14)20-16(21)19/h4-10H,1-3H3,(H2,19,20). The Balaban J connectivity index is 2.17. The van der Waals surface area contributed by atoms with E-state index in [4.69, 9.17) is 17.3 Å². The lowest BCUT2D eigenvalue weighted by Gasteiger charge is -2.19. The van der Waals surface area contributed by atoms with Gasteiger partial charge < -0.3 is 5.73 Å². The van der Waals surface area contributed by atoms with Crippen LogP contribution >= 0.6 is 11.6 Å². The maximum atomic E-state index is 6.18. The summed E-state index contributed by atoms with van der Waals surface area (Å²) in [4.78, 5) is 4.37. The van der Waals surface area contributed by atoms with Gasteiger partial charge in [0.25, 0.3) is 0 Å². The lowest BCUT2D eigenvalue weighted by Crippen LogP contribution is -2.11. The molecule has 1 heterocycles. The number of aromatic nitrogens is 2. The summed E-state index contributed by atoms with van der Waals surface area (Å²) in [6.45, 7) is 6.59. The van der Waals surface area contributed by atoms with Gasteiger partial charge in [0.15, 0.2) is 0 Å². The van der Waals surface area contributed by atoms with Crippen molar-refractivity contribution in [2.75, 3.05) is 5.73 Å². The van der Waals surface area contributed by atoms with Crippen LogP contribution in [-0.4, -0.2) is 9.55 Å². The third-order valence-electron chi connectivity index (χ3n) is 3.65. The molecule has 0 radical (unpaired) electrons. The molecule has 0 fully saturated rings. The van der Waals surface area contributed by atoms with Gasteiger partial charge in [-0.2, -0.15) is 0 Å². The summed E-state index contributed by atoms with van der Waals surface area (Å²) in [7, 11) is 0. The van der Waals surface area contributed by atoms with Crippen molar-refractivity contribution in [3.8, 4) is 5.69 Å². The minimum Gasteiger partial charge on any atom is -0.369 e. The Morgan fingerprint density at radius 1 is 1.05 bits per heavy atom. The zero-order valence-electron chi connectivity index (χ0n) is 12.4. The molecular formula is C17H18ClN3. The van der Waals surface area contributed by atoms with Gasteiger partial charge in [0.05, 0.1) is 10.5 Å². The highest BCUT2D eigenvalue weighted by atomic mass is 35.5. The zero-order chi connectivity index (χ0) is 15.2. The van der Waals surface area contributed by atoms with Crippen molar-refractivity contribution >= 4 is 28.6 Å². The molecule has 0 saturated carbocycles. The molecule has 0 spiro atoms. The van der Waals surface area contributed by atoms with E-state index in [1.807, 2.05) is 22.8 Å². The first-order valence-corrected chi connectivity index (χ1v) is 7.29. The van der Waals surface area contributed by atoms with Gasteiger partial charge in [-0.3, -0.25) is 4.57 Å². The molecular weight excluding hydrogens is 282 g/mol. The molecule has 2 N–H and O–H groups in total. The van der Waals surface area contributed by atoms with E-state index in [1.165, 1.54) is 5.56 Å². The summed E-state index contributed by atoms with van der Waals surface area (Å²) in [5.74, 6) is 0.446. The molecule has 21 heavy (non-hydrogen) atoms. The second-order valence-corrected chi connectivity index (χ2v) is 6.62. The highest BCUT2D eigenvalue weighted by molar-refractivity contribution is 6.35. The number of benzene rings is 2. The van der Waals surface area contributed by atoms with Crippen LogP contribution in [0.4, 0.5) is 5.95 Å². The van der Waals surface area contributed by atoms with Gasteiger partial charge in [-0.1, -0.05) is 50.6 Å². The van der Waals surface area contributed by atoms with Crippen molar-refractivity contribution in [1.82, 2.24) is 9.55 Å². The summed E-state index contributed by atoms with van der Waals surface area (Å²) < 4.78 is 1.92. The minimum atomic E-state index is 0.129. The number of fused-ring (bicyclic) bond motifs is 1. The molecule has 0 bridgehead atoms. The summed E-state index contributed by atoms with van der Waals surface area (Å²) in [5.41, 5.74) is 10.1. The number of hydrogen-bond acceptors (Lipinski definition) is 2. The molecule has 0 aliphatic rings. The molecule has 0 amide bonds. The fraction of sp³-hybridized carbons (Fsp3) is 0.235. The van der Waals surface area contributed by atoms with Crippen molar-refractivity contribution in [3.05, 3.63) is 53.1 Å². The van der Waals surface area contributed by atoms with E-state index >= 15 is 0 Å². The van der Waals surface area contributed by atoms with Crippen LogP contribution in [0.3, 0.4) is 0 Å². The van der Waals surface area contributed by atoms with Gasteiger partial charge in [0.1, 0.15) is 5.52 Å². The van der Waals surface area contributed by atoms with Crippen molar-refractivity contribution < 1.29 is 0 Å². The topological polar surface area (TPSA) is 43.8 Å². The highest BCUT2D eigenvalue weighted by Crippen LogP contribution is 2.29. The SMILES string of the molecule is CC(C)(C)c1ccc(-n2c(N)nc3c(Cl)cccc32)cc1. The van der Waals surface area contributed by atoms with Crippen LogP contribution in [-0.2, 0) is 5.41 Å². The van der Waals surface area contributed by atoms with E-state index < -0.39 is 0 Å². The summed E-state index contributed by atoms with van der Waals surface area (Å²) >= 11 is 6.18. The van der Waals surface area contributed by atoms with E-state index in [2.05, 4.69) is 50.0 Å². The van der Waals surface area contributed by atoms with Gasteiger partial charge >= 0.3 is 0 Å². The molecule has 0 aliphatic heterocycles. The van der Waals surface area contributed by atoms with E-state index in [1.54, 1.807) is 0 Å². The lowest BCUT2D eigenvalue weighted by atomic mass is 9.87. The molecule has 4 heteroatoms. The van der Waals surface area contributed by atoms with Crippen LogP contribution in [0.1, 0.15) is 26.3 Å². The van der Waals surface area contributed by atoms with Crippen LogP contribution in [0.5, 0.6) is 0 Å². The fourth-order valence-corrected chi connectivity index (χ4v) is 2.68. The van der Waals surface area contributed by atoms with Crippen LogP contribution in [0.25, 0.3) is 16.7 Å². The molecule has 0 saturated heterocycles. The molecule has 2 aromatic carbocycles. The monoisotopic (exact) mass is 299 g/mol. The number of imidazole rings is 1. The van der Waals surface area contributed by atoms with Gasteiger partial charge in [-0.05, 0) is 35.2 Å².